The van der Waals surface area contributed by atoms with Crippen LogP contribution in [0.4, 0.5) is 0 Å². The van der Waals surface area contributed by atoms with Gasteiger partial charge in [-0.2, -0.15) is 0 Å². The van der Waals surface area contributed by atoms with Crippen molar-refractivity contribution in [1.29, 1.82) is 0 Å². The van der Waals surface area contributed by atoms with E-state index in [1.807, 2.05) is 0 Å². The van der Waals surface area contributed by atoms with Gasteiger partial charge in [-0.05, 0) is 26.2 Å². The van der Waals surface area contributed by atoms with Gasteiger partial charge in [-0.3, -0.25) is 9.79 Å². The number of hydrogen-bond donors (Lipinski definition) is 1. The Morgan fingerprint density at radius 2 is 1.96 bits per heavy atom. The molecule has 0 spiro atoms. The average molecular weight is 441 g/mol. The van der Waals surface area contributed by atoms with Crippen LogP contribution in [-0.4, -0.2) is 63.3 Å². The number of methoxy groups -OCH3 is 1. The second-order valence-corrected chi connectivity index (χ2v) is 5.49. The van der Waals surface area contributed by atoms with Crippen LogP contribution in [0.1, 0.15) is 39.5 Å². The highest BCUT2D eigenvalue weighted by Crippen LogP contribution is 2.18. The lowest BCUT2D eigenvalue weighted by Crippen LogP contribution is -2.46. The van der Waals surface area contributed by atoms with E-state index < -0.39 is 0 Å². The minimum Gasteiger partial charge on any atom is -0.469 e. The zero-order valence-corrected chi connectivity index (χ0v) is 17.0. The predicted molar refractivity (Wildman–Crippen MR) is 103 cm³/mol. The van der Waals surface area contributed by atoms with Gasteiger partial charge in [-0.15, -0.1) is 24.0 Å². The van der Waals surface area contributed by atoms with E-state index in [0.717, 1.165) is 57.9 Å². The summed E-state index contributed by atoms with van der Waals surface area (Å²) in [5.74, 6) is 0.859. The van der Waals surface area contributed by atoms with E-state index >= 15 is 0 Å². The van der Waals surface area contributed by atoms with Gasteiger partial charge in [0.05, 0.1) is 26.2 Å². The van der Waals surface area contributed by atoms with E-state index in [1.54, 1.807) is 0 Å². The summed E-state index contributed by atoms with van der Waals surface area (Å²) >= 11 is 0. The van der Waals surface area contributed by atoms with Gasteiger partial charge in [0.2, 0.25) is 0 Å². The molecule has 7 heteroatoms. The maximum absolute atomic E-state index is 11.6. The number of piperidine rings is 1. The number of rotatable bonds is 8. The van der Waals surface area contributed by atoms with Crippen molar-refractivity contribution in [3.63, 3.8) is 0 Å². The molecule has 23 heavy (non-hydrogen) atoms. The Bertz CT molecular complexity index is 345. The lowest BCUT2D eigenvalue weighted by Gasteiger charge is -2.33. The number of halogens is 1. The molecule has 0 unspecified atom stereocenters. The van der Waals surface area contributed by atoms with Crippen LogP contribution in [0, 0.1) is 5.92 Å². The topological polar surface area (TPSA) is 63.2 Å². The molecule has 1 aliphatic heterocycles. The highest BCUT2D eigenvalue weighted by atomic mass is 127. The largest absolute Gasteiger partial charge is 0.469 e. The van der Waals surface area contributed by atoms with Crippen LogP contribution < -0.4 is 5.32 Å². The summed E-state index contributed by atoms with van der Waals surface area (Å²) in [5, 5.41) is 3.32. The van der Waals surface area contributed by atoms with Crippen molar-refractivity contribution in [2.24, 2.45) is 10.9 Å². The van der Waals surface area contributed by atoms with Crippen molar-refractivity contribution in [3.05, 3.63) is 0 Å². The Kier molecular flexibility index (Phi) is 13.5. The van der Waals surface area contributed by atoms with Gasteiger partial charge in [-0.1, -0.05) is 13.3 Å². The zero-order valence-electron chi connectivity index (χ0n) is 14.7. The van der Waals surface area contributed by atoms with E-state index in [4.69, 9.17) is 9.47 Å². The maximum Gasteiger partial charge on any atom is 0.308 e. The zero-order chi connectivity index (χ0) is 16.2. The lowest BCUT2D eigenvalue weighted by molar-refractivity contribution is -0.146. The summed E-state index contributed by atoms with van der Waals surface area (Å²) in [6.45, 7) is 8.87. The summed E-state index contributed by atoms with van der Waals surface area (Å²) in [7, 11) is 1.46. The lowest BCUT2D eigenvalue weighted by atomic mass is 9.97. The second kappa shape index (κ2) is 13.8. The standard InChI is InChI=1S/C16H31N3O3.HI/c1-4-6-12-22-13-9-18-16(17-5-2)19-10-7-14(8-11-19)15(20)21-3;/h14H,4-13H2,1-3H3,(H,17,18);1H. The van der Waals surface area contributed by atoms with Crippen LogP contribution >= 0.6 is 24.0 Å². The van der Waals surface area contributed by atoms with Crippen LogP contribution in [0.3, 0.4) is 0 Å². The van der Waals surface area contributed by atoms with Crippen LogP contribution in [0.5, 0.6) is 0 Å². The summed E-state index contributed by atoms with van der Waals surface area (Å²) in [6.07, 6.45) is 3.90. The highest BCUT2D eigenvalue weighted by Gasteiger charge is 2.26. The maximum atomic E-state index is 11.6. The molecule has 0 radical (unpaired) electrons. The SMILES string of the molecule is CCCCOCCN=C(NCC)N1CCC(C(=O)OC)CC1.I. The molecule has 1 aliphatic rings. The van der Waals surface area contributed by atoms with Gasteiger partial charge >= 0.3 is 5.97 Å². The molecule has 0 aliphatic carbocycles. The first kappa shape index (κ1) is 22.4. The fraction of sp³-hybridized carbons (Fsp3) is 0.875. The Balaban J connectivity index is 0.00000484. The van der Waals surface area contributed by atoms with Crippen molar-refractivity contribution in [2.45, 2.75) is 39.5 Å². The molecule has 1 saturated heterocycles. The number of aliphatic imine (C=N–C) groups is 1. The molecule has 1 rings (SSSR count). The van der Waals surface area contributed by atoms with E-state index in [1.165, 1.54) is 7.11 Å². The summed E-state index contributed by atoms with van der Waals surface area (Å²) in [5.41, 5.74) is 0. The number of nitrogens with zero attached hydrogens (tertiary/aromatic N) is 2. The number of likely N-dealkylation sites (tertiary alicyclic amines) is 1. The van der Waals surface area contributed by atoms with Gasteiger partial charge in [-0.25, -0.2) is 0 Å². The molecule has 1 N–H and O–H groups in total. The Morgan fingerprint density at radius 1 is 1.26 bits per heavy atom. The molecule has 0 aromatic carbocycles. The first-order valence-corrected chi connectivity index (χ1v) is 8.41. The monoisotopic (exact) mass is 441 g/mol. The van der Waals surface area contributed by atoms with E-state index in [0.29, 0.717) is 13.2 Å². The quantitative estimate of drug-likeness (QED) is 0.206. The molecule has 136 valence electrons. The molecule has 0 saturated carbocycles. The fourth-order valence-corrected chi connectivity index (χ4v) is 2.48. The van der Waals surface area contributed by atoms with Crippen molar-refractivity contribution in [1.82, 2.24) is 10.2 Å². The van der Waals surface area contributed by atoms with Crippen LogP contribution in [0.2, 0.25) is 0 Å². The molecular formula is C16H32IN3O3. The van der Waals surface area contributed by atoms with Crippen molar-refractivity contribution >= 4 is 35.9 Å². The van der Waals surface area contributed by atoms with Gasteiger partial charge < -0.3 is 19.7 Å². The Hall–Kier alpha value is -0.570. The minimum absolute atomic E-state index is 0. The van der Waals surface area contributed by atoms with Gasteiger partial charge in [0.15, 0.2) is 5.96 Å². The van der Waals surface area contributed by atoms with Gasteiger partial charge in [0.25, 0.3) is 0 Å². The minimum atomic E-state index is -0.0917. The van der Waals surface area contributed by atoms with Crippen molar-refractivity contribution in [3.8, 4) is 0 Å². The third-order valence-corrected chi connectivity index (χ3v) is 3.80. The third-order valence-electron chi connectivity index (χ3n) is 3.80. The number of carbonyl (C=O) groups excluding carboxylic acids is 1. The van der Waals surface area contributed by atoms with Crippen LogP contribution in [0.15, 0.2) is 4.99 Å². The van der Waals surface area contributed by atoms with E-state index in [-0.39, 0.29) is 35.9 Å². The molecule has 1 heterocycles. The molecule has 0 amide bonds. The number of unbranched alkanes of at least 4 members (excludes halogenated alkanes) is 1. The molecule has 1 fully saturated rings. The smallest absolute Gasteiger partial charge is 0.308 e. The first-order valence-electron chi connectivity index (χ1n) is 8.41. The third kappa shape index (κ3) is 8.74. The summed E-state index contributed by atoms with van der Waals surface area (Å²) < 4.78 is 10.4. The van der Waals surface area contributed by atoms with E-state index in [9.17, 15) is 4.79 Å². The predicted octanol–water partition coefficient (Wildman–Crippen LogP) is 2.27. The Morgan fingerprint density at radius 3 is 2.52 bits per heavy atom. The summed E-state index contributed by atoms with van der Waals surface area (Å²) in [6, 6.07) is 0. The normalized spacial score (nSPS) is 16.0. The fourth-order valence-electron chi connectivity index (χ4n) is 2.48. The highest BCUT2D eigenvalue weighted by molar-refractivity contribution is 14.0. The number of hydrogen-bond acceptors (Lipinski definition) is 4. The van der Waals surface area contributed by atoms with Crippen molar-refractivity contribution < 1.29 is 14.3 Å². The number of ether oxygens (including phenoxy) is 2. The number of nitrogens with one attached hydrogen (secondary N) is 1. The average Bonchev–Trinajstić information content (AvgIpc) is 2.56. The molecule has 0 aromatic rings. The molecule has 0 atom stereocenters. The van der Waals surface area contributed by atoms with Gasteiger partial charge in [0.1, 0.15) is 0 Å². The van der Waals surface area contributed by atoms with E-state index in [2.05, 4.69) is 29.1 Å². The van der Waals surface area contributed by atoms with Gasteiger partial charge in [0, 0.05) is 26.2 Å². The molecular weight excluding hydrogens is 409 g/mol. The second-order valence-electron chi connectivity index (χ2n) is 5.49. The molecule has 6 nitrogen and oxygen atoms in total. The Labute approximate surface area is 157 Å². The molecule has 0 bridgehead atoms. The van der Waals surface area contributed by atoms with Crippen LogP contribution in [0.25, 0.3) is 0 Å². The number of carbonyl (C=O) groups is 1. The summed E-state index contributed by atoms with van der Waals surface area (Å²) in [4.78, 5) is 18.4. The first-order chi connectivity index (χ1) is 10.7. The number of guanidine groups is 1. The molecule has 0 aromatic heterocycles. The van der Waals surface area contributed by atoms with Crippen LogP contribution in [-0.2, 0) is 14.3 Å². The number of esters is 1. The van der Waals surface area contributed by atoms with Crippen molar-refractivity contribution in [2.75, 3.05) is 46.5 Å².